The molecule has 1 fully saturated rings. The van der Waals surface area contributed by atoms with Crippen molar-refractivity contribution in [2.75, 3.05) is 0 Å². The molecule has 0 saturated heterocycles. The van der Waals surface area contributed by atoms with Gasteiger partial charge in [-0.05, 0) is 31.0 Å². The zero-order valence-electron chi connectivity index (χ0n) is 10.7. The van der Waals surface area contributed by atoms with Gasteiger partial charge in [0.2, 0.25) is 5.89 Å². The van der Waals surface area contributed by atoms with Gasteiger partial charge in [0.05, 0.1) is 0 Å². The van der Waals surface area contributed by atoms with Gasteiger partial charge >= 0.3 is 0 Å². The lowest BCUT2D eigenvalue weighted by Gasteiger charge is -2.04. The molecule has 0 unspecified atom stereocenters. The third-order valence-corrected chi connectivity index (χ3v) is 3.69. The van der Waals surface area contributed by atoms with E-state index in [9.17, 15) is 13.6 Å². The molecule has 0 radical (unpaired) electrons. The van der Waals surface area contributed by atoms with Crippen LogP contribution in [-0.2, 0) is 0 Å². The highest BCUT2D eigenvalue weighted by Crippen LogP contribution is 2.37. The molecule has 0 bridgehead atoms. The Kier molecular flexibility index (Phi) is 3.34. The molecule has 0 N–H and O–H groups in total. The molecule has 1 saturated carbocycles. The Morgan fingerprint density at radius 2 is 1.95 bits per heavy atom. The standard InChI is InChI=1S/C15H13F2NO2/c16-11-6-5-10(7-12(11)17)15-18-13(8-19)14(20-15)9-3-1-2-4-9/h5-9H,1-4H2. The van der Waals surface area contributed by atoms with Crippen LogP contribution in [0.2, 0.25) is 0 Å². The molecule has 1 aliphatic rings. The molecule has 0 atom stereocenters. The van der Waals surface area contributed by atoms with E-state index in [4.69, 9.17) is 4.42 Å². The predicted molar refractivity (Wildman–Crippen MR) is 68.5 cm³/mol. The quantitative estimate of drug-likeness (QED) is 0.793. The first-order chi connectivity index (χ1) is 9.69. The molecular weight excluding hydrogens is 264 g/mol. The first-order valence-corrected chi connectivity index (χ1v) is 6.60. The Morgan fingerprint density at radius 1 is 1.20 bits per heavy atom. The average Bonchev–Trinajstić information content (AvgIpc) is 3.09. The molecule has 5 heteroatoms. The highest BCUT2D eigenvalue weighted by molar-refractivity contribution is 5.75. The van der Waals surface area contributed by atoms with E-state index >= 15 is 0 Å². The molecule has 3 rings (SSSR count). The van der Waals surface area contributed by atoms with E-state index in [0.717, 1.165) is 37.8 Å². The zero-order valence-corrected chi connectivity index (χ0v) is 10.7. The molecule has 0 amide bonds. The van der Waals surface area contributed by atoms with Gasteiger partial charge in [-0.2, -0.15) is 0 Å². The Balaban J connectivity index is 2.01. The summed E-state index contributed by atoms with van der Waals surface area (Å²) in [6, 6.07) is 3.43. The van der Waals surface area contributed by atoms with Crippen LogP contribution in [0.25, 0.3) is 11.5 Å². The smallest absolute Gasteiger partial charge is 0.227 e. The average molecular weight is 277 g/mol. The summed E-state index contributed by atoms with van der Waals surface area (Å²) in [6.45, 7) is 0. The van der Waals surface area contributed by atoms with Crippen molar-refractivity contribution >= 4 is 6.29 Å². The fraction of sp³-hybridized carbons (Fsp3) is 0.333. The summed E-state index contributed by atoms with van der Waals surface area (Å²) in [5.41, 5.74) is 0.591. The second kappa shape index (κ2) is 5.15. The van der Waals surface area contributed by atoms with E-state index in [2.05, 4.69) is 4.98 Å². The van der Waals surface area contributed by atoms with E-state index in [0.29, 0.717) is 17.6 Å². The maximum atomic E-state index is 13.2. The summed E-state index contributed by atoms with van der Waals surface area (Å²) in [4.78, 5) is 15.2. The Hall–Kier alpha value is -2.04. The second-order valence-electron chi connectivity index (χ2n) is 5.00. The third kappa shape index (κ3) is 2.24. The molecule has 2 aromatic rings. The number of oxazole rings is 1. The lowest BCUT2D eigenvalue weighted by Crippen LogP contribution is -1.94. The van der Waals surface area contributed by atoms with E-state index in [1.54, 1.807) is 0 Å². The highest BCUT2D eigenvalue weighted by atomic mass is 19.2. The number of halogens is 2. The van der Waals surface area contributed by atoms with Crippen molar-refractivity contribution in [1.29, 1.82) is 0 Å². The number of carbonyl (C=O) groups excluding carboxylic acids is 1. The molecule has 1 aromatic carbocycles. The van der Waals surface area contributed by atoms with E-state index in [1.165, 1.54) is 6.07 Å². The monoisotopic (exact) mass is 277 g/mol. The molecule has 1 heterocycles. The van der Waals surface area contributed by atoms with Crippen molar-refractivity contribution in [3.05, 3.63) is 41.3 Å². The topological polar surface area (TPSA) is 43.1 Å². The van der Waals surface area contributed by atoms with Crippen LogP contribution >= 0.6 is 0 Å². The van der Waals surface area contributed by atoms with Gasteiger partial charge in [0.25, 0.3) is 0 Å². The van der Waals surface area contributed by atoms with Gasteiger partial charge in [-0.15, -0.1) is 0 Å². The maximum Gasteiger partial charge on any atom is 0.227 e. The van der Waals surface area contributed by atoms with Crippen molar-refractivity contribution in [3.8, 4) is 11.5 Å². The van der Waals surface area contributed by atoms with Crippen LogP contribution < -0.4 is 0 Å². The lowest BCUT2D eigenvalue weighted by atomic mass is 10.0. The van der Waals surface area contributed by atoms with Crippen LogP contribution in [0.1, 0.15) is 47.8 Å². The van der Waals surface area contributed by atoms with Crippen LogP contribution in [0.15, 0.2) is 22.6 Å². The normalized spacial score (nSPS) is 15.7. The van der Waals surface area contributed by atoms with Gasteiger partial charge in [-0.3, -0.25) is 4.79 Å². The third-order valence-electron chi connectivity index (χ3n) is 3.69. The Morgan fingerprint density at radius 3 is 2.60 bits per heavy atom. The lowest BCUT2D eigenvalue weighted by molar-refractivity contribution is 0.111. The number of nitrogens with zero attached hydrogens (tertiary/aromatic N) is 1. The number of carbonyl (C=O) groups is 1. The minimum atomic E-state index is -0.962. The predicted octanol–water partition coefficient (Wildman–Crippen LogP) is 4.09. The largest absolute Gasteiger partial charge is 0.440 e. The van der Waals surface area contributed by atoms with Gasteiger partial charge in [0.1, 0.15) is 11.5 Å². The highest BCUT2D eigenvalue weighted by Gasteiger charge is 2.26. The van der Waals surface area contributed by atoms with Crippen LogP contribution in [0.5, 0.6) is 0 Å². The molecule has 0 aliphatic heterocycles. The van der Waals surface area contributed by atoms with Crippen molar-refractivity contribution in [2.45, 2.75) is 31.6 Å². The molecule has 0 spiro atoms. The maximum absolute atomic E-state index is 13.2. The molecule has 3 nitrogen and oxygen atoms in total. The molecule has 1 aromatic heterocycles. The van der Waals surface area contributed by atoms with Crippen LogP contribution in [-0.4, -0.2) is 11.3 Å². The first-order valence-electron chi connectivity index (χ1n) is 6.60. The molecule has 104 valence electrons. The molecular formula is C15H13F2NO2. The van der Waals surface area contributed by atoms with E-state index < -0.39 is 11.6 Å². The van der Waals surface area contributed by atoms with Crippen LogP contribution in [0.3, 0.4) is 0 Å². The van der Waals surface area contributed by atoms with Gasteiger partial charge in [-0.1, -0.05) is 12.8 Å². The number of hydrogen-bond donors (Lipinski definition) is 0. The van der Waals surface area contributed by atoms with Crippen LogP contribution in [0.4, 0.5) is 8.78 Å². The summed E-state index contributed by atoms with van der Waals surface area (Å²) in [6.07, 6.45) is 4.79. The first kappa shape index (κ1) is 13.0. The minimum Gasteiger partial charge on any atom is -0.440 e. The van der Waals surface area contributed by atoms with Gasteiger partial charge < -0.3 is 4.42 Å². The number of hydrogen-bond acceptors (Lipinski definition) is 3. The van der Waals surface area contributed by atoms with Crippen molar-refractivity contribution in [1.82, 2.24) is 4.98 Å². The fourth-order valence-corrected chi connectivity index (χ4v) is 2.66. The SMILES string of the molecule is O=Cc1nc(-c2ccc(F)c(F)c2)oc1C1CCCC1. The molecule has 1 aliphatic carbocycles. The fourth-order valence-electron chi connectivity index (χ4n) is 2.66. The minimum absolute atomic E-state index is 0.160. The Labute approximate surface area is 114 Å². The van der Waals surface area contributed by atoms with Crippen molar-refractivity contribution in [2.24, 2.45) is 0 Å². The number of aldehydes is 1. The summed E-state index contributed by atoms with van der Waals surface area (Å²) in [5, 5.41) is 0. The molecule has 20 heavy (non-hydrogen) atoms. The van der Waals surface area contributed by atoms with Gasteiger partial charge in [0, 0.05) is 11.5 Å². The van der Waals surface area contributed by atoms with Gasteiger partial charge in [-0.25, -0.2) is 13.8 Å². The number of aromatic nitrogens is 1. The summed E-state index contributed by atoms with van der Waals surface area (Å²) >= 11 is 0. The van der Waals surface area contributed by atoms with Crippen LogP contribution in [0, 0.1) is 11.6 Å². The second-order valence-corrected chi connectivity index (χ2v) is 5.00. The van der Waals surface area contributed by atoms with E-state index in [-0.39, 0.29) is 17.5 Å². The summed E-state index contributed by atoms with van der Waals surface area (Å²) in [7, 11) is 0. The zero-order chi connectivity index (χ0) is 14.1. The Bertz CT molecular complexity index is 645. The van der Waals surface area contributed by atoms with Gasteiger partial charge in [0.15, 0.2) is 17.9 Å². The summed E-state index contributed by atoms with van der Waals surface area (Å²) < 4.78 is 31.8. The number of benzene rings is 1. The summed E-state index contributed by atoms with van der Waals surface area (Å²) in [5.74, 6) is -0.963. The van der Waals surface area contributed by atoms with E-state index in [1.807, 2.05) is 0 Å². The van der Waals surface area contributed by atoms with Crippen molar-refractivity contribution < 1.29 is 18.0 Å². The van der Waals surface area contributed by atoms with Crippen molar-refractivity contribution in [3.63, 3.8) is 0 Å². The number of rotatable bonds is 3.